The van der Waals surface area contributed by atoms with Crippen molar-refractivity contribution in [3.05, 3.63) is 73.0 Å². The lowest BCUT2D eigenvalue weighted by Crippen LogP contribution is -2.23. The predicted octanol–water partition coefficient (Wildman–Crippen LogP) is 17.5. The molecule has 0 N–H and O–H groups in total. The number of carbonyl (C=O) groups is 4. The summed E-state index contributed by atoms with van der Waals surface area (Å²) in [6, 6.07) is 12.0. The Balaban J connectivity index is -0.0000000697. The fourth-order valence-electron chi connectivity index (χ4n) is 3.17. The first-order valence-corrected chi connectivity index (χ1v) is 22.2. The lowest BCUT2D eigenvalue weighted by Gasteiger charge is -2.24. The molecule has 1 rings (SSSR count). The van der Waals surface area contributed by atoms with Gasteiger partial charge in [0.15, 0.2) is 5.78 Å². The van der Waals surface area contributed by atoms with E-state index in [1.54, 1.807) is 27.7 Å². The summed E-state index contributed by atoms with van der Waals surface area (Å²) in [7, 11) is 0. The first kappa shape index (κ1) is 76.6. The normalized spacial score (nSPS) is 10.6. The summed E-state index contributed by atoms with van der Waals surface area (Å²) >= 11 is 0. The number of rotatable bonds is 14. The molecule has 1 aromatic rings. The zero-order valence-electron chi connectivity index (χ0n) is 43.2. The first-order chi connectivity index (χ1) is 26.6. The molecule has 0 saturated carbocycles. The van der Waals surface area contributed by atoms with Gasteiger partial charge >= 0.3 is 0 Å². The van der Waals surface area contributed by atoms with E-state index >= 15 is 0 Å². The number of Topliss-reactive ketones (excluding diaryl/α,β-unsaturated/α-hetero) is 4. The van der Waals surface area contributed by atoms with E-state index in [9.17, 15) is 19.2 Å². The summed E-state index contributed by atoms with van der Waals surface area (Å²) in [4.78, 5) is 42.5. The number of hydrogen-bond acceptors (Lipinski definition) is 5. The highest BCUT2D eigenvalue weighted by atomic mass is 16.5. The summed E-state index contributed by atoms with van der Waals surface area (Å²) < 4.78 is 5.06. The van der Waals surface area contributed by atoms with Crippen LogP contribution < -0.4 is 0 Å². The molecule has 352 valence electrons. The monoisotopic (exact) mass is 835 g/mol. The zero-order chi connectivity index (χ0) is 48.0. The summed E-state index contributed by atoms with van der Waals surface area (Å²) in [5.74, 6) is 3.19. The lowest BCUT2D eigenvalue weighted by molar-refractivity contribution is -0.123. The van der Waals surface area contributed by atoms with Gasteiger partial charge in [-0.2, -0.15) is 0 Å². The van der Waals surface area contributed by atoms with Crippen molar-refractivity contribution >= 4 is 23.1 Å². The second-order valence-electron chi connectivity index (χ2n) is 16.4. The molecule has 59 heavy (non-hydrogen) atoms. The van der Waals surface area contributed by atoms with Crippen molar-refractivity contribution in [1.29, 1.82) is 0 Å². The molecule has 0 aliphatic heterocycles. The Hall–Kier alpha value is -3.08. The molecule has 0 bridgehead atoms. The number of benzene rings is 1. The van der Waals surface area contributed by atoms with Gasteiger partial charge in [0, 0.05) is 24.2 Å². The molecule has 0 fully saturated rings. The first-order valence-electron chi connectivity index (χ1n) is 22.2. The molecule has 0 aliphatic rings. The Morgan fingerprint density at radius 3 is 1.02 bits per heavy atom. The number of ether oxygens (including phenoxy) is 1. The van der Waals surface area contributed by atoms with E-state index in [2.05, 4.69) is 82.1 Å². The van der Waals surface area contributed by atoms with Crippen LogP contribution in [-0.4, -0.2) is 29.2 Å². The van der Waals surface area contributed by atoms with Gasteiger partial charge in [-0.15, -0.1) is 6.58 Å². The molecule has 0 aromatic heterocycles. The highest BCUT2D eigenvalue weighted by Crippen LogP contribution is 2.25. The Morgan fingerprint density at radius 2 is 0.898 bits per heavy atom. The molecule has 0 radical (unpaired) electrons. The van der Waals surface area contributed by atoms with Crippen LogP contribution in [0.3, 0.4) is 0 Å². The summed E-state index contributed by atoms with van der Waals surface area (Å²) in [6.07, 6.45) is 8.96. The van der Waals surface area contributed by atoms with Gasteiger partial charge in [0.05, 0.1) is 11.9 Å². The van der Waals surface area contributed by atoms with Gasteiger partial charge in [-0.3, -0.25) is 14.4 Å². The van der Waals surface area contributed by atoms with Crippen LogP contribution in [0.25, 0.3) is 0 Å². The van der Waals surface area contributed by atoms with Crippen molar-refractivity contribution in [2.24, 2.45) is 29.1 Å². The minimum absolute atomic E-state index is 0. The highest BCUT2D eigenvalue weighted by Gasteiger charge is 2.23. The minimum atomic E-state index is 0. The smallest absolute Gasteiger partial charge is 0.160 e. The number of carbonyl (C=O) groups excluding carboxylic acids is 4. The van der Waals surface area contributed by atoms with Crippen LogP contribution in [0.1, 0.15) is 218 Å². The van der Waals surface area contributed by atoms with E-state index in [1.807, 2.05) is 106 Å². The second kappa shape index (κ2) is 54.9. The van der Waals surface area contributed by atoms with Crippen LogP contribution in [0.4, 0.5) is 0 Å². The topological polar surface area (TPSA) is 77.5 Å². The van der Waals surface area contributed by atoms with Crippen molar-refractivity contribution in [2.45, 2.75) is 224 Å². The Morgan fingerprint density at radius 1 is 0.559 bits per heavy atom. The van der Waals surface area contributed by atoms with E-state index < -0.39 is 0 Å². The number of unbranched alkanes of at least 4 members (excludes halogenated alkanes) is 1. The van der Waals surface area contributed by atoms with E-state index in [0.29, 0.717) is 17.8 Å². The minimum Gasteiger partial charge on any atom is -0.496 e. The standard InChI is InChI=1S/C9H18O.C9H16O.C8H16O.C6H12O.C6H6.C5H10.C4H8O.C4H10.C2H6.CH4/c1-7(2)5-6-8(3)9(4)10;1-5-6-8(4)9(10)7(2)3;1-6(7(2)9)8(3,4)5;1-5(2)7-6(3)4;1-2-4-6-5-3-1;1-4-5(2)3;1-3-4(2)5;1-3-4-2;1-2;/h7-8H,5-6H2,1-4H3;8H,2,5-6H2,1,3-4H3;6H,1-5H3;6H,1H2,2-4H3;1-6H;2,4H2,1,3H3;3H2,1-2H3;3-4H2,1-2H3;1-2H3;1H4. The Labute approximate surface area is 372 Å². The third-order valence-electron chi connectivity index (χ3n) is 8.07. The van der Waals surface area contributed by atoms with Crippen LogP contribution in [0.5, 0.6) is 0 Å². The van der Waals surface area contributed by atoms with Gasteiger partial charge in [0.2, 0.25) is 0 Å². The number of allylic oxidation sites excluding steroid dienone is 3. The van der Waals surface area contributed by atoms with Crippen molar-refractivity contribution in [1.82, 2.24) is 0 Å². The quantitative estimate of drug-likeness (QED) is 0.106. The molecule has 0 heterocycles. The number of ketones is 4. The summed E-state index contributed by atoms with van der Waals surface area (Å²) in [5.41, 5.74) is 2.07. The van der Waals surface area contributed by atoms with Crippen LogP contribution in [0.2, 0.25) is 0 Å². The van der Waals surface area contributed by atoms with Crippen molar-refractivity contribution in [3.8, 4) is 0 Å². The third kappa shape index (κ3) is 87.5. The molecule has 5 heteroatoms. The summed E-state index contributed by atoms with van der Waals surface area (Å²) in [5, 5.41) is 0. The third-order valence-corrected chi connectivity index (χ3v) is 8.07. The molecule has 1 aromatic carbocycles. The molecule has 0 aliphatic carbocycles. The zero-order valence-corrected chi connectivity index (χ0v) is 43.2. The Kier molecular flexibility index (Phi) is 71.3. The molecule has 3 atom stereocenters. The van der Waals surface area contributed by atoms with Crippen molar-refractivity contribution < 1.29 is 23.9 Å². The fourth-order valence-corrected chi connectivity index (χ4v) is 3.17. The maximum Gasteiger partial charge on any atom is 0.160 e. The van der Waals surface area contributed by atoms with Crippen molar-refractivity contribution in [3.63, 3.8) is 0 Å². The molecule has 3 unspecified atom stereocenters. The van der Waals surface area contributed by atoms with Crippen LogP contribution in [0.15, 0.2) is 73.0 Å². The second-order valence-corrected chi connectivity index (χ2v) is 16.4. The van der Waals surface area contributed by atoms with Gasteiger partial charge < -0.3 is 9.53 Å². The van der Waals surface area contributed by atoms with Crippen LogP contribution >= 0.6 is 0 Å². The molecule has 0 amide bonds. The molecule has 0 saturated heterocycles. The highest BCUT2D eigenvalue weighted by molar-refractivity contribution is 5.95. The molecular formula is C54H106O5. The van der Waals surface area contributed by atoms with E-state index in [0.717, 1.165) is 37.4 Å². The fraction of sp³-hybridized carbons (Fsp3) is 0.704. The van der Waals surface area contributed by atoms with Crippen molar-refractivity contribution in [2.75, 3.05) is 0 Å². The van der Waals surface area contributed by atoms with Gasteiger partial charge in [-0.05, 0) is 91.6 Å². The van der Waals surface area contributed by atoms with Gasteiger partial charge in [0.25, 0.3) is 0 Å². The SMILES string of the molecule is C.C=C(C)C(=O)C(C)CCC.C=C(C)CC.C=C(C)OC(C)C.CC.CC(=O)C(C)C(C)(C)C.CC(=O)C(C)CCC(C)C.CCC(C)=O.CCCC.c1ccccc1. The van der Waals surface area contributed by atoms with E-state index in [-0.39, 0.29) is 54.0 Å². The van der Waals surface area contributed by atoms with Crippen LogP contribution in [-0.2, 0) is 23.9 Å². The van der Waals surface area contributed by atoms with Gasteiger partial charge in [-0.1, -0.05) is 192 Å². The Bertz CT molecular complexity index is 1050. The maximum absolute atomic E-state index is 11.1. The maximum atomic E-state index is 11.1. The van der Waals surface area contributed by atoms with Crippen LogP contribution in [0, 0.1) is 29.1 Å². The molecule has 5 nitrogen and oxygen atoms in total. The lowest BCUT2D eigenvalue weighted by atomic mass is 9.80. The number of hydrogen-bond donors (Lipinski definition) is 0. The van der Waals surface area contributed by atoms with Gasteiger partial charge in [0.1, 0.15) is 17.3 Å². The predicted molar refractivity (Wildman–Crippen MR) is 269 cm³/mol. The van der Waals surface area contributed by atoms with Gasteiger partial charge in [-0.25, -0.2) is 0 Å². The van der Waals surface area contributed by atoms with E-state index in [1.165, 1.54) is 24.8 Å². The van der Waals surface area contributed by atoms with E-state index in [4.69, 9.17) is 4.74 Å². The summed E-state index contributed by atoms with van der Waals surface area (Å²) in [6.45, 7) is 56.3. The molecule has 0 spiro atoms. The average Bonchev–Trinajstić information content (AvgIpc) is 3.15. The average molecular weight is 835 g/mol. The largest absolute Gasteiger partial charge is 0.496 e. The molecular weight excluding hydrogens is 729 g/mol.